The Bertz CT molecular complexity index is 1030. The van der Waals surface area contributed by atoms with E-state index in [-0.39, 0.29) is 5.91 Å². The third kappa shape index (κ3) is 2.87. The van der Waals surface area contributed by atoms with Crippen molar-refractivity contribution >= 4 is 17.1 Å². The van der Waals surface area contributed by atoms with Gasteiger partial charge in [-0.15, -0.1) is 0 Å². The summed E-state index contributed by atoms with van der Waals surface area (Å²) in [6, 6.07) is 11.5. The molecule has 1 spiro atoms. The van der Waals surface area contributed by atoms with Crippen molar-refractivity contribution in [3.8, 4) is 5.69 Å². The third-order valence-corrected chi connectivity index (χ3v) is 5.56. The predicted octanol–water partition coefficient (Wildman–Crippen LogP) is 2.71. The van der Waals surface area contributed by atoms with Crippen LogP contribution in [-0.4, -0.2) is 57.4 Å². The van der Waals surface area contributed by atoms with E-state index in [1.807, 2.05) is 52.8 Å². The highest BCUT2D eigenvalue weighted by Crippen LogP contribution is 2.32. The van der Waals surface area contributed by atoms with Gasteiger partial charge >= 0.3 is 0 Å². The number of hydrogen-bond donors (Lipinski definition) is 0. The van der Waals surface area contributed by atoms with E-state index in [1.165, 1.54) is 0 Å². The second kappa shape index (κ2) is 6.68. The van der Waals surface area contributed by atoms with Crippen LogP contribution in [0.5, 0.6) is 0 Å². The summed E-state index contributed by atoms with van der Waals surface area (Å²) in [4.78, 5) is 24.0. The van der Waals surface area contributed by atoms with Gasteiger partial charge in [0.05, 0.1) is 13.2 Å². The van der Waals surface area contributed by atoms with E-state index < -0.39 is 5.79 Å². The van der Waals surface area contributed by atoms with Crippen LogP contribution in [-0.2, 0) is 9.47 Å². The molecule has 7 nitrogen and oxygen atoms in total. The van der Waals surface area contributed by atoms with E-state index in [1.54, 1.807) is 6.20 Å². The molecule has 3 aromatic rings. The summed E-state index contributed by atoms with van der Waals surface area (Å²) < 4.78 is 13.5. The monoisotopic (exact) mass is 378 g/mol. The van der Waals surface area contributed by atoms with Crippen LogP contribution < -0.4 is 0 Å². The number of ether oxygens (including phenoxy) is 2. The zero-order chi connectivity index (χ0) is 19.1. The SMILES string of the molecule is Cc1nc2cccnc2n1-c1cccc(C(=O)N2CCC3(CC2)OCCO3)c1. The number of hydrogen-bond acceptors (Lipinski definition) is 5. The van der Waals surface area contributed by atoms with Crippen molar-refractivity contribution in [1.29, 1.82) is 0 Å². The highest BCUT2D eigenvalue weighted by molar-refractivity contribution is 5.95. The number of benzene rings is 1. The molecule has 0 unspecified atom stereocenters. The van der Waals surface area contributed by atoms with Crippen molar-refractivity contribution in [3.05, 3.63) is 54.0 Å². The van der Waals surface area contributed by atoms with E-state index in [4.69, 9.17) is 9.47 Å². The van der Waals surface area contributed by atoms with Crippen molar-refractivity contribution in [2.24, 2.45) is 0 Å². The molecule has 1 aromatic carbocycles. The molecule has 1 amide bonds. The first-order valence-corrected chi connectivity index (χ1v) is 9.63. The molecule has 2 aliphatic rings. The number of aryl methyl sites for hydroxylation is 1. The summed E-state index contributed by atoms with van der Waals surface area (Å²) in [7, 11) is 0. The van der Waals surface area contributed by atoms with E-state index in [2.05, 4.69) is 9.97 Å². The second-order valence-electron chi connectivity index (χ2n) is 7.29. The Balaban J connectivity index is 1.41. The summed E-state index contributed by atoms with van der Waals surface area (Å²) >= 11 is 0. The summed E-state index contributed by atoms with van der Waals surface area (Å²) in [5, 5.41) is 0. The Morgan fingerprint density at radius 2 is 1.89 bits per heavy atom. The van der Waals surface area contributed by atoms with Crippen LogP contribution in [0.15, 0.2) is 42.6 Å². The number of carbonyl (C=O) groups is 1. The van der Waals surface area contributed by atoms with Crippen molar-refractivity contribution in [3.63, 3.8) is 0 Å². The van der Waals surface area contributed by atoms with Crippen LogP contribution in [0.3, 0.4) is 0 Å². The zero-order valence-corrected chi connectivity index (χ0v) is 15.8. The molecule has 2 aliphatic heterocycles. The lowest BCUT2D eigenvalue weighted by atomic mass is 10.0. The summed E-state index contributed by atoms with van der Waals surface area (Å²) in [6.07, 6.45) is 3.19. The van der Waals surface area contributed by atoms with Crippen LogP contribution in [0, 0.1) is 6.92 Å². The predicted molar refractivity (Wildman–Crippen MR) is 103 cm³/mol. The summed E-state index contributed by atoms with van der Waals surface area (Å²) in [5.74, 6) is 0.399. The van der Waals surface area contributed by atoms with E-state index in [9.17, 15) is 4.79 Å². The molecule has 2 aromatic heterocycles. The maximum Gasteiger partial charge on any atom is 0.253 e. The van der Waals surface area contributed by atoms with Gasteiger partial charge in [-0.2, -0.15) is 0 Å². The van der Waals surface area contributed by atoms with Gasteiger partial charge in [-0.1, -0.05) is 6.07 Å². The number of aromatic nitrogens is 3. The van der Waals surface area contributed by atoms with Crippen molar-refractivity contribution in [2.75, 3.05) is 26.3 Å². The number of rotatable bonds is 2. The number of likely N-dealkylation sites (tertiary alicyclic amines) is 1. The number of piperidine rings is 1. The van der Waals surface area contributed by atoms with E-state index >= 15 is 0 Å². The van der Waals surface area contributed by atoms with Crippen LogP contribution >= 0.6 is 0 Å². The first kappa shape index (κ1) is 17.3. The molecule has 0 bridgehead atoms. The maximum atomic E-state index is 13.1. The van der Waals surface area contributed by atoms with Crippen LogP contribution in [0.1, 0.15) is 29.0 Å². The molecule has 4 heterocycles. The molecule has 0 saturated carbocycles. The molecule has 28 heavy (non-hydrogen) atoms. The normalized spacial score (nSPS) is 18.8. The largest absolute Gasteiger partial charge is 0.347 e. The molecule has 0 aliphatic carbocycles. The molecule has 0 radical (unpaired) electrons. The molecule has 2 fully saturated rings. The molecule has 0 atom stereocenters. The quantitative estimate of drug-likeness (QED) is 0.686. The van der Waals surface area contributed by atoms with Gasteiger partial charge < -0.3 is 14.4 Å². The minimum absolute atomic E-state index is 0.0322. The van der Waals surface area contributed by atoms with E-state index in [0.717, 1.165) is 22.7 Å². The summed E-state index contributed by atoms with van der Waals surface area (Å²) in [5.41, 5.74) is 3.19. The number of amides is 1. The van der Waals surface area contributed by atoms with Gasteiger partial charge in [0.2, 0.25) is 0 Å². The van der Waals surface area contributed by atoms with Crippen LogP contribution in [0.2, 0.25) is 0 Å². The lowest BCUT2D eigenvalue weighted by Gasteiger charge is -2.37. The number of pyridine rings is 1. The van der Waals surface area contributed by atoms with Gasteiger partial charge in [0, 0.05) is 43.4 Å². The zero-order valence-electron chi connectivity index (χ0n) is 15.8. The Morgan fingerprint density at radius 1 is 1.11 bits per heavy atom. The molecular weight excluding hydrogens is 356 g/mol. The van der Waals surface area contributed by atoms with Crippen LogP contribution in [0.4, 0.5) is 0 Å². The van der Waals surface area contributed by atoms with Crippen molar-refractivity contribution < 1.29 is 14.3 Å². The molecule has 7 heteroatoms. The van der Waals surface area contributed by atoms with Crippen LogP contribution in [0.25, 0.3) is 16.9 Å². The third-order valence-electron chi connectivity index (χ3n) is 5.56. The molecular formula is C21H22N4O3. The number of fused-ring (bicyclic) bond motifs is 1. The van der Waals surface area contributed by atoms with Gasteiger partial charge in [0.1, 0.15) is 11.3 Å². The van der Waals surface area contributed by atoms with Gasteiger partial charge in [-0.3, -0.25) is 9.36 Å². The Morgan fingerprint density at radius 3 is 2.68 bits per heavy atom. The average molecular weight is 378 g/mol. The van der Waals surface area contributed by atoms with Gasteiger partial charge in [-0.25, -0.2) is 9.97 Å². The Kier molecular flexibility index (Phi) is 4.14. The van der Waals surface area contributed by atoms with Gasteiger partial charge in [0.25, 0.3) is 5.91 Å². The Labute approximate surface area is 162 Å². The highest BCUT2D eigenvalue weighted by Gasteiger charge is 2.40. The van der Waals surface area contributed by atoms with Crippen molar-refractivity contribution in [1.82, 2.24) is 19.4 Å². The minimum atomic E-state index is -0.475. The smallest absolute Gasteiger partial charge is 0.253 e. The molecule has 144 valence electrons. The number of nitrogens with zero attached hydrogens (tertiary/aromatic N) is 4. The maximum absolute atomic E-state index is 13.1. The Hall–Kier alpha value is -2.77. The molecule has 5 rings (SSSR count). The fourth-order valence-corrected chi connectivity index (χ4v) is 4.13. The first-order valence-electron chi connectivity index (χ1n) is 9.63. The van der Waals surface area contributed by atoms with Gasteiger partial charge in [0.15, 0.2) is 11.4 Å². The lowest BCUT2D eigenvalue weighted by Crippen LogP contribution is -2.47. The number of imidazole rings is 1. The van der Waals surface area contributed by atoms with E-state index in [0.29, 0.717) is 44.7 Å². The minimum Gasteiger partial charge on any atom is -0.347 e. The average Bonchev–Trinajstić information content (AvgIpc) is 3.31. The molecule has 2 saturated heterocycles. The van der Waals surface area contributed by atoms with Crippen molar-refractivity contribution in [2.45, 2.75) is 25.6 Å². The fourth-order valence-electron chi connectivity index (χ4n) is 4.13. The van der Waals surface area contributed by atoms with Gasteiger partial charge in [-0.05, 0) is 37.3 Å². The highest BCUT2D eigenvalue weighted by atomic mass is 16.7. The fraction of sp³-hybridized carbons (Fsp3) is 0.381. The standard InChI is InChI=1S/C21H22N4O3/c1-15-23-18-6-3-9-22-19(18)25(15)17-5-2-4-16(14-17)20(26)24-10-7-21(8-11-24)27-12-13-28-21/h2-6,9,14H,7-8,10-13H2,1H3. The second-order valence-corrected chi connectivity index (χ2v) is 7.29. The molecule has 0 N–H and O–H groups in total. The number of carbonyl (C=O) groups excluding carboxylic acids is 1. The topological polar surface area (TPSA) is 69.5 Å². The summed E-state index contributed by atoms with van der Waals surface area (Å²) in [6.45, 7) is 4.50. The lowest BCUT2D eigenvalue weighted by molar-refractivity contribution is -0.181. The first-order chi connectivity index (χ1) is 13.7.